The summed E-state index contributed by atoms with van der Waals surface area (Å²) < 4.78 is 10.7. The number of hydrogen-bond donors (Lipinski definition) is 1. The molecule has 1 aliphatic rings. The lowest BCUT2D eigenvalue weighted by atomic mass is 10.1. The average molecular weight is 284 g/mol. The zero-order chi connectivity index (χ0) is 13.5. The van der Waals surface area contributed by atoms with E-state index in [-0.39, 0.29) is 25.3 Å². The highest BCUT2D eigenvalue weighted by Gasteiger charge is 2.15. The molecule has 0 aliphatic carbocycles. The second kappa shape index (κ2) is 7.48. The van der Waals surface area contributed by atoms with Gasteiger partial charge < -0.3 is 14.8 Å². The summed E-state index contributed by atoms with van der Waals surface area (Å²) in [4.78, 5) is 11.5. The first-order valence-electron chi connectivity index (χ1n) is 6.46. The van der Waals surface area contributed by atoms with E-state index in [4.69, 9.17) is 21.1 Å². The van der Waals surface area contributed by atoms with Crippen molar-refractivity contribution in [1.82, 2.24) is 5.32 Å². The highest BCUT2D eigenvalue weighted by Crippen LogP contribution is 2.12. The molecular formula is C14H18ClNO3. The van der Waals surface area contributed by atoms with Crippen LogP contribution in [0.1, 0.15) is 18.4 Å². The molecule has 1 aliphatic heterocycles. The standard InChI is InChI=1S/C14H18ClNO3/c15-12-3-1-2-11(8-12)9-19-14(17)10-18-13-4-6-16-7-5-13/h1-3,8,13,16H,4-7,9-10H2. The van der Waals surface area contributed by atoms with Crippen molar-refractivity contribution in [3.63, 3.8) is 0 Å². The maximum atomic E-state index is 11.5. The summed E-state index contributed by atoms with van der Waals surface area (Å²) in [5.41, 5.74) is 0.878. The van der Waals surface area contributed by atoms with Crippen LogP contribution < -0.4 is 5.32 Å². The van der Waals surface area contributed by atoms with Crippen LogP contribution in [0.4, 0.5) is 0 Å². The topological polar surface area (TPSA) is 47.6 Å². The summed E-state index contributed by atoms with van der Waals surface area (Å²) in [6.07, 6.45) is 2.06. The zero-order valence-electron chi connectivity index (χ0n) is 10.7. The Balaban J connectivity index is 1.66. The van der Waals surface area contributed by atoms with Crippen LogP contribution in [-0.2, 0) is 20.9 Å². The van der Waals surface area contributed by atoms with E-state index in [1.165, 1.54) is 0 Å². The smallest absolute Gasteiger partial charge is 0.332 e. The lowest BCUT2D eigenvalue weighted by molar-refractivity contribution is -0.152. The SMILES string of the molecule is O=C(COC1CCNCC1)OCc1cccc(Cl)c1. The van der Waals surface area contributed by atoms with Gasteiger partial charge in [0.15, 0.2) is 0 Å². The molecule has 1 heterocycles. The number of piperidine rings is 1. The van der Waals surface area contributed by atoms with Gasteiger partial charge in [0.2, 0.25) is 0 Å². The van der Waals surface area contributed by atoms with Crippen LogP contribution in [0.5, 0.6) is 0 Å². The van der Waals surface area contributed by atoms with Gasteiger partial charge in [-0.15, -0.1) is 0 Å². The second-order valence-electron chi connectivity index (χ2n) is 4.55. The van der Waals surface area contributed by atoms with Gasteiger partial charge in [0.25, 0.3) is 0 Å². The average Bonchev–Trinajstić information content (AvgIpc) is 2.44. The van der Waals surface area contributed by atoms with Crippen LogP contribution >= 0.6 is 11.6 Å². The van der Waals surface area contributed by atoms with E-state index in [0.717, 1.165) is 31.5 Å². The highest BCUT2D eigenvalue weighted by molar-refractivity contribution is 6.30. The number of benzene rings is 1. The van der Waals surface area contributed by atoms with E-state index in [0.29, 0.717) is 5.02 Å². The lowest BCUT2D eigenvalue weighted by Crippen LogP contribution is -2.33. The van der Waals surface area contributed by atoms with Gasteiger partial charge in [0.1, 0.15) is 13.2 Å². The van der Waals surface area contributed by atoms with E-state index < -0.39 is 0 Å². The molecule has 0 unspecified atom stereocenters. The molecule has 0 spiro atoms. The Hall–Kier alpha value is -1.10. The largest absolute Gasteiger partial charge is 0.459 e. The number of hydrogen-bond acceptors (Lipinski definition) is 4. The molecule has 1 saturated heterocycles. The van der Waals surface area contributed by atoms with Gasteiger partial charge in [-0.1, -0.05) is 23.7 Å². The Bertz CT molecular complexity index is 419. The van der Waals surface area contributed by atoms with E-state index in [2.05, 4.69) is 5.32 Å². The first-order chi connectivity index (χ1) is 9.24. The maximum Gasteiger partial charge on any atom is 0.332 e. The molecule has 0 bridgehead atoms. The van der Waals surface area contributed by atoms with Gasteiger partial charge in [-0.2, -0.15) is 0 Å². The number of halogens is 1. The van der Waals surface area contributed by atoms with Crippen molar-refractivity contribution in [2.75, 3.05) is 19.7 Å². The Morgan fingerprint density at radius 3 is 2.89 bits per heavy atom. The molecule has 1 aromatic rings. The van der Waals surface area contributed by atoms with Crippen LogP contribution in [-0.4, -0.2) is 31.8 Å². The number of carbonyl (C=O) groups excluding carboxylic acids is 1. The molecule has 1 N–H and O–H groups in total. The van der Waals surface area contributed by atoms with Crippen LogP contribution in [0.2, 0.25) is 5.02 Å². The number of esters is 1. The van der Waals surface area contributed by atoms with Crippen LogP contribution in [0.15, 0.2) is 24.3 Å². The summed E-state index contributed by atoms with van der Waals surface area (Å²) in [7, 11) is 0. The van der Waals surface area contributed by atoms with Gasteiger partial charge in [-0.3, -0.25) is 0 Å². The summed E-state index contributed by atoms with van der Waals surface area (Å²) in [6, 6.07) is 7.26. The van der Waals surface area contributed by atoms with Crippen LogP contribution in [0.25, 0.3) is 0 Å². The Labute approximate surface area is 118 Å². The quantitative estimate of drug-likeness (QED) is 0.841. The third kappa shape index (κ3) is 5.19. The van der Waals surface area contributed by atoms with Gasteiger partial charge in [-0.25, -0.2) is 4.79 Å². The molecule has 104 valence electrons. The molecule has 1 fully saturated rings. The molecule has 0 atom stereocenters. The van der Waals surface area contributed by atoms with Crippen LogP contribution in [0, 0.1) is 0 Å². The first kappa shape index (κ1) is 14.3. The fourth-order valence-corrected chi connectivity index (χ4v) is 2.19. The summed E-state index contributed by atoms with van der Waals surface area (Å²) in [6.45, 7) is 2.14. The predicted molar refractivity (Wildman–Crippen MR) is 73.1 cm³/mol. The monoisotopic (exact) mass is 283 g/mol. The molecule has 0 saturated carbocycles. The first-order valence-corrected chi connectivity index (χ1v) is 6.84. The lowest BCUT2D eigenvalue weighted by Gasteiger charge is -2.22. The molecule has 19 heavy (non-hydrogen) atoms. The molecule has 0 amide bonds. The second-order valence-corrected chi connectivity index (χ2v) is 4.99. The van der Waals surface area contributed by atoms with E-state index in [9.17, 15) is 4.79 Å². The fourth-order valence-electron chi connectivity index (χ4n) is 1.98. The van der Waals surface area contributed by atoms with Crippen molar-refractivity contribution in [2.24, 2.45) is 0 Å². The number of carbonyl (C=O) groups is 1. The highest BCUT2D eigenvalue weighted by atomic mass is 35.5. The third-order valence-corrected chi connectivity index (χ3v) is 3.25. The molecule has 0 aromatic heterocycles. The minimum Gasteiger partial charge on any atom is -0.459 e. The zero-order valence-corrected chi connectivity index (χ0v) is 11.5. The summed E-state index contributed by atoms with van der Waals surface area (Å²) in [5.74, 6) is -0.335. The number of nitrogens with one attached hydrogen (secondary N) is 1. The van der Waals surface area contributed by atoms with Crippen molar-refractivity contribution < 1.29 is 14.3 Å². The molecule has 0 radical (unpaired) electrons. The summed E-state index contributed by atoms with van der Waals surface area (Å²) >= 11 is 5.85. The minimum absolute atomic E-state index is 0.0191. The molecule has 4 nitrogen and oxygen atoms in total. The number of ether oxygens (including phenoxy) is 2. The molecular weight excluding hydrogens is 266 g/mol. The van der Waals surface area contributed by atoms with E-state index in [1.807, 2.05) is 12.1 Å². The van der Waals surface area contributed by atoms with Gasteiger partial charge in [-0.05, 0) is 43.6 Å². The van der Waals surface area contributed by atoms with E-state index in [1.54, 1.807) is 12.1 Å². The fraction of sp³-hybridized carbons (Fsp3) is 0.500. The summed E-state index contributed by atoms with van der Waals surface area (Å²) in [5, 5.41) is 3.88. The predicted octanol–water partition coefficient (Wildman–Crippen LogP) is 2.15. The molecule has 1 aromatic carbocycles. The van der Waals surface area contributed by atoms with Gasteiger partial charge >= 0.3 is 5.97 Å². The van der Waals surface area contributed by atoms with Crippen molar-refractivity contribution in [1.29, 1.82) is 0 Å². The Kier molecular flexibility index (Phi) is 5.63. The third-order valence-electron chi connectivity index (χ3n) is 3.01. The van der Waals surface area contributed by atoms with Gasteiger partial charge in [0.05, 0.1) is 6.10 Å². The Morgan fingerprint density at radius 2 is 2.16 bits per heavy atom. The molecule has 2 rings (SSSR count). The van der Waals surface area contributed by atoms with Crippen LogP contribution in [0.3, 0.4) is 0 Å². The maximum absolute atomic E-state index is 11.5. The normalized spacial score (nSPS) is 16.3. The van der Waals surface area contributed by atoms with Gasteiger partial charge in [0, 0.05) is 5.02 Å². The van der Waals surface area contributed by atoms with E-state index >= 15 is 0 Å². The Morgan fingerprint density at radius 1 is 1.37 bits per heavy atom. The van der Waals surface area contributed by atoms with Crippen molar-refractivity contribution in [3.8, 4) is 0 Å². The van der Waals surface area contributed by atoms with Crippen molar-refractivity contribution in [2.45, 2.75) is 25.6 Å². The van der Waals surface area contributed by atoms with Crippen molar-refractivity contribution in [3.05, 3.63) is 34.9 Å². The minimum atomic E-state index is -0.335. The van der Waals surface area contributed by atoms with Crippen molar-refractivity contribution >= 4 is 17.6 Å². The molecule has 5 heteroatoms. The number of rotatable bonds is 5.